The Morgan fingerprint density at radius 2 is 2.17 bits per heavy atom. The Kier molecular flexibility index (Phi) is 3.98. The minimum absolute atomic E-state index is 0.223. The summed E-state index contributed by atoms with van der Waals surface area (Å²) in [7, 11) is 0. The third-order valence-electron chi connectivity index (χ3n) is 4.25. The smallest absolute Gasteiger partial charge is 0.123 e. The van der Waals surface area contributed by atoms with Crippen molar-refractivity contribution in [1.82, 2.24) is 0 Å². The summed E-state index contributed by atoms with van der Waals surface area (Å²) < 4.78 is 13.2. The molecule has 2 rings (SSSR count). The van der Waals surface area contributed by atoms with Crippen molar-refractivity contribution in [1.29, 1.82) is 0 Å². The van der Waals surface area contributed by atoms with E-state index >= 15 is 0 Å². The van der Waals surface area contributed by atoms with E-state index in [2.05, 4.69) is 13.8 Å². The predicted octanol–water partition coefficient (Wildman–Crippen LogP) is 4.21. The fraction of sp³-hybridized carbons (Fsp3) is 0.600. The van der Waals surface area contributed by atoms with Crippen molar-refractivity contribution in [3.63, 3.8) is 0 Å². The van der Waals surface area contributed by atoms with E-state index in [0.717, 1.165) is 19.3 Å². The lowest BCUT2D eigenvalue weighted by Gasteiger charge is -2.41. The number of halogens is 2. The Morgan fingerprint density at radius 3 is 2.83 bits per heavy atom. The quantitative estimate of drug-likeness (QED) is 0.854. The first-order valence-electron chi connectivity index (χ1n) is 6.57. The standard InChI is InChI=1S/C15H20ClFO/c1-10-5-6-15(18,11(2)7-10)9-12-8-13(17)3-4-14(12)16/h3-4,8,10-11,18H,5-7,9H2,1-2H3. The van der Waals surface area contributed by atoms with Gasteiger partial charge in [-0.2, -0.15) is 0 Å². The van der Waals surface area contributed by atoms with Crippen molar-refractivity contribution in [2.75, 3.05) is 0 Å². The Hall–Kier alpha value is -0.600. The van der Waals surface area contributed by atoms with Crippen molar-refractivity contribution < 1.29 is 9.50 Å². The monoisotopic (exact) mass is 270 g/mol. The molecule has 0 amide bonds. The van der Waals surface area contributed by atoms with Gasteiger partial charge in [0.2, 0.25) is 0 Å². The van der Waals surface area contributed by atoms with Gasteiger partial charge in [-0.25, -0.2) is 4.39 Å². The van der Waals surface area contributed by atoms with Crippen LogP contribution in [-0.2, 0) is 6.42 Å². The lowest BCUT2D eigenvalue weighted by Crippen LogP contribution is -2.43. The van der Waals surface area contributed by atoms with Gasteiger partial charge in [-0.05, 0) is 54.9 Å². The molecule has 1 nitrogen and oxygen atoms in total. The van der Waals surface area contributed by atoms with E-state index in [-0.39, 0.29) is 11.7 Å². The molecule has 1 aliphatic rings. The highest BCUT2D eigenvalue weighted by Crippen LogP contribution is 2.39. The Morgan fingerprint density at radius 1 is 1.44 bits per heavy atom. The molecule has 3 unspecified atom stereocenters. The van der Waals surface area contributed by atoms with Crippen LogP contribution < -0.4 is 0 Å². The van der Waals surface area contributed by atoms with Gasteiger partial charge < -0.3 is 5.11 Å². The van der Waals surface area contributed by atoms with Gasteiger partial charge in [-0.1, -0.05) is 25.4 Å². The molecular formula is C15H20ClFO. The van der Waals surface area contributed by atoms with Crippen LogP contribution in [0.25, 0.3) is 0 Å². The molecule has 1 aliphatic carbocycles. The van der Waals surface area contributed by atoms with E-state index in [9.17, 15) is 9.50 Å². The first-order chi connectivity index (χ1) is 8.40. The molecule has 0 saturated heterocycles. The molecule has 0 radical (unpaired) electrons. The van der Waals surface area contributed by atoms with Crippen LogP contribution in [0.15, 0.2) is 18.2 Å². The van der Waals surface area contributed by atoms with Gasteiger partial charge in [0.05, 0.1) is 5.60 Å². The zero-order valence-corrected chi connectivity index (χ0v) is 11.7. The second-order valence-corrected chi connectivity index (χ2v) is 6.20. The van der Waals surface area contributed by atoms with Gasteiger partial charge in [0.15, 0.2) is 0 Å². The number of rotatable bonds is 2. The maximum absolute atomic E-state index is 13.2. The summed E-state index contributed by atoms with van der Waals surface area (Å²) in [6.45, 7) is 4.29. The van der Waals surface area contributed by atoms with Gasteiger partial charge in [0.1, 0.15) is 5.82 Å². The number of hydrogen-bond acceptors (Lipinski definition) is 1. The molecular weight excluding hydrogens is 251 g/mol. The predicted molar refractivity (Wildman–Crippen MR) is 72.2 cm³/mol. The van der Waals surface area contributed by atoms with Gasteiger partial charge in [-0.3, -0.25) is 0 Å². The average molecular weight is 271 g/mol. The molecule has 0 spiro atoms. The van der Waals surface area contributed by atoms with E-state index in [1.54, 1.807) is 6.07 Å². The van der Waals surface area contributed by atoms with Crippen molar-refractivity contribution in [2.24, 2.45) is 11.8 Å². The summed E-state index contributed by atoms with van der Waals surface area (Å²) in [6, 6.07) is 4.35. The summed E-state index contributed by atoms with van der Waals surface area (Å²) in [5.74, 6) is 0.582. The topological polar surface area (TPSA) is 20.2 Å². The van der Waals surface area contributed by atoms with Crippen molar-refractivity contribution in [3.8, 4) is 0 Å². The molecule has 0 bridgehead atoms. The molecule has 1 aromatic rings. The lowest BCUT2D eigenvalue weighted by molar-refractivity contribution is -0.0522. The molecule has 1 saturated carbocycles. The molecule has 0 aromatic heterocycles. The van der Waals surface area contributed by atoms with Crippen LogP contribution in [0.2, 0.25) is 5.02 Å². The van der Waals surface area contributed by atoms with Gasteiger partial charge in [-0.15, -0.1) is 0 Å². The summed E-state index contributed by atoms with van der Waals surface area (Å²) >= 11 is 6.08. The lowest BCUT2D eigenvalue weighted by atomic mass is 9.70. The second kappa shape index (κ2) is 5.18. The van der Waals surface area contributed by atoms with Gasteiger partial charge >= 0.3 is 0 Å². The normalized spacial score (nSPS) is 32.5. The fourth-order valence-corrected chi connectivity index (χ4v) is 3.14. The zero-order chi connectivity index (χ0) is 13.3. The molecule has 3 atom stereocenters. The molecule has 100 valence electrons. The van der Waals surface area contributed by atoms with E-state index in [0.29, 0.717) is 22.9 Å². The van der Waals surface area contributed by atoms with Crippen molar-refractivity contribution in [3.05, 3.63) is 34.6 Å². The first-order valence-corrected chi connectivity index (χ1v) is 6.95. The third kappa shape index (κ3) is 2.86. The maximum atomic E-state index is 13.2. The zero-order valence-electron chi connectivity index (χ0n) is 10.9. The summed E-state index contributed by atoms with van der Waals surface area (Å²) in [5.41, 5.74) is -0.0372. The van der Waals surface area contributed by atoms with E-state index < -0.39 is 5.60 Å². The molecule has 1 N–H and O–H groups in total. The largest absolute Gasteiger partial charge is 0.389 e. The first kappa shape index (κ1) is 13.8. The third-order valence-corrected chi connectivity index (χ3v) is 4.62. The van der Waals surface area contributed by atoms with Crippen molar-refractivity contribution >= 4 is 11.6 Å². The Bertz CT molecular complexity index is 435. The van der Waals surface area contributed by atoms with Crippen LogP contribution in [0.1, 0.15) is 38.7 Å². The van der Waals surface area contributed by atoms with Gasteiger partial charge in [0, 0.05) is 11.4 Å². The van der Waals surface area contributed by atoms with Crippen LogP contribution in [0.3, 0.4) is 0 Å². The number of aliphatic hydroxyl groups is 1. The molecule has 0 heterocycles. The molecule has 1 fully saturated rings. The van der Waals surface area contributed by atoms with Crippen molar-refractivity contribution in [2.45, 2.75) is 45.1 Å². The minimum atomic E-state index is -0.746. The summed E-state index contributed by atoms with van der Waals surface area (Å²) in [5, 5.41) is 11.3. The van der Waals surface area contributed by atoms with Crippen LogP contribution in [0.4, 0.5) is 4.39 Å². The highest BCUT2D eigenvalue weighted by Gasteiger charge is 2.38. The Balaban J connectivity index is 2.19. The van der Waals surface area contributed by atoms with Crippen LogP contribution in [0, 0.1) is 17.7 Å². The van der Waals surface area contributed by atoms with Crippen LogP contribution in [-0.4, -0.2) is 10.7 Å². The van der Waals surface area contributed by atoms with Gasteiger partial charge in [0.25, 0.3) is 0 Å². The minimum Gasteiger partial charge on any atom is -0.389 e. The molecule has 3 heteroatoms. The molecule has 18 heavy (non-hydrogen) atoms. The van der Waals surface area contributed by atoms with Crippen LogP contribution >= 0.6 is 11.6 Å². The average Bonchev–Trinajstić information content (AvgIpc) is 2.30. The second-order valence-electron chi connectivity index (χ2n) is 5.80. The molecule has 1 aromatic carbocycles. The SMILES string of the molecule is CC1CCC(O)(Cc2cc(F)ccc2Cl)C(C)C1. The van der Waals surface area contributed by atoms with E-state index in [1.165, 1.54) is 12.1 Å². The maximum Gasteiger partial charge on any atom is 0.123 e. The Labute approximate surface area is 113 Å². The molecule has 0 aliphatic heterocycles. The summed E-state index contributed by atoms with van der Waals surface area (Å²) in [4.78, 5) is 0. The van der Waals surface area contributed by atoms with E-state index in [4.69, 9.17) is 11.6 Å². The highest BCUT2D eigenvalue weighted by molar-refractivity contribution is 6.31. The van der Waals surface area contributed by atoms with Crippen LogP contribution in [0.5, 0.6) is 0 Å². The number of benzene rings is 1. The highest BCUT2D eigenvalue weighted by atomic mass is 35.5. The number of hydrogen-bond donors (Lipinski definition) is 1. The fourth-order valence-electron chi connectivity index (χ4n) is 2.95. The van der Waals surface area contributed by atoms with E-state index in [1.807, 2.05) is 0 Å². The summed E-state index contributed by atoms with van der Waals surface area (Å²) in [6.07, 6.45) is 3.25.